The van der Waals surface area contributed by atoms with Gasteiger partial charge >= 0.3 is 0 Å². The maximum Gasteiger partial charge on any atom is 0.296 e. The van der Waals surface area contributed by atoms with E-state index < -0.39 is 10.1 Å². The van der Waals surface area contributed by atoms with Crippen molar-refractivity contribution in [2.75, 3.05) is 23.7 Å². The molecule has 2 aromatic rings. The molecular formula is C12H15ClN6O3S. The van der Waals surface area contributed by atoms with E-state index in [0.717, 1.165) is 0 Å². The zero-order valence-corrected chi connectivity index (χ0v) is 13.7. The minimum absolute atomic E-state index is 0.0262. The average molecular weight is 359 g/mol. The minimum atomic E-state index is -4.41. The Morgan fingerprint density at radius 1 is 1.26 bits per heavy atom. The van der Waals surface area contributed by atoms with E-state index in [1.807, 2.05) is 0 Å². The maximum absolute atomic E-state index is 11.5. The second-order valence-corrected chi connectivity index (χ2v) is 6.29. The normalized spacial score (nSPS) is 11.3. The van der Waals surface area contributed by atoms with Gasteiger partial charge in [-0.25, -0.2) is 0 Å². The summed E-state index contributed by atoms with van der Waals surface area (Å²) >= 11 is 5.81. The summed E-state index contributed by atoms with van der Waals surface area (Å²) < 4.78 is 32.3. The van der Waals surface area contributed by atoms with Crippen molar-refractivity contribution >= 4 is 39.3 Å². The van der Waals surface area contributed by atoms with E-state index >= 15 is 0 Å². The number of halogens is 1. The summed E-state index contributed by atoms with van der Waals surface area (Å²) in [5, 5.41) is 5.46. The van der Waals surface area contributed by atoms with E-state index in [1.54, 1.807) is 13.0 Å². The molecule has 0 spiro atoms. The van der Waals surface area contributed by atoms with E-state index in [2.05, 4.69) is 25.6 Å². The molecule has 1 aromatic heterocycles. The highest BCUT2D eigenvalue weighted by atomic mass is 35.5. The topological polar surface area (TPSA) is 143 Å². The van der Waals surface area contributed by atoms with Crippen molar-refractivity contribution in [1.29, 1.82) is 0 Å². The first kappa shape index (κ1) is 17.3. The van der Waals surface area contributed by atoms with Crippen LogP contribution in [-0.4, -0.2) is 41.0 Å². The van der Waals surface area contributed by atoms with Crippen LogP contribution in [0.25, 0.3) is 0 Å². The quantitative estimate of drug-likeness (QED) is 0.559. The number of rotatable bonds is 6. The van der Waals surface area contributed by atoms with E-state index in [0.29, 0.717) is 18.7 Å². The van der Waals surface area contributed by atoms with Crippen LogP contribution in [-0.2, 0) is 10.1 Å². The van der Waals surface area contributed by atoms with Crippen molar-refractivity contribution in [3.05, 3.63) is 29.0 Å². The molecule has 23 heavy (non-hydrogen) atoms. The fourth-order valence-electron chi connectivity index (χ4n) is 1.74. The molecule has 1 aromatic carbocycles. The smallest absolute Gasteiger partial charge is 0.296 e. The number of hydrogen-bond donors (Lipinski definition) is 4. The number of anilines is 3. The summed E-state index contributed by atoms with van der Waals surface area (Å²) in [6.07, 6.45) is 0. The molecule has 0 amide bonds. The van der Waals surface area contributed by atoms with Crippen molar-refractivity contribution in [3.8, 4) is 0 Å². The first-order valence-electron chi connectivity index (χ1n) is 6.50. The lowest BCUT2D eigenvalue weighted by Crippen LogP contribution is -2.15. The third-order valence-electron chi connectivity index (χ3n) is 2.70. The molecule has 9 nitrogen and oxygen atoms in total. The van der Waals surface area contributed by atoms with Gasteiger partial charge in [-0.05, 0) is 36.2 Å². The van der Waals surface area contributed by atoms with Gasteiger partial charge in [0.1, 0.15) is 4.90 Å². The lowest BCUT2D eigenvalue weighted by Gasteiger charge is -2.11. The Bertz CT molecular complexity index is 814. The van der Waals surface area contributed by atoms with Crippen molar-refractivity contribution < 1.29 is 13.0 Å². The summed E-state index contributed by atoms with van der Waals surface area (Å²) in [6, 6.07) is 4.49. The first-order chi connectivity index (χ1) is 10.8. The molecule has 5 N–H and O–H groups in total. The molecule has 0 fully saturated rings. The zero-order chi connectivity index (χ0) is 17.0. The highest BCUT2D eigenvalue weighted by molar-refractivity contribution is 7.86. The molecule has 0 aliphatic carbocycles. The van der Waals surface area contributed by atoms with Gasteiger partial charge in [-0.3, -0.25) is 4.55 Å². The molecule has 11 heteroatoms. The number of nitrogens with zero attached hydrogens (tertiary/aromatic N) is 3. The Labute approximate surface area is 138 Å². The predicted molar refractivity (Wildman–Crippen MR) is 86.7 cm³/mol. The summed E-state index contributed by atoms with van der Waals surface area (Å²) in [5.41, 5.74) is 6.17. The van der Waals surface area contributed by atoms with E-state index in [1.165, 1.54) is 12.1 Å². The van der Waals surface area contributed by atoms with Crippen LogP contribution in [0.5, 0.6) is 0 Å². The number of hydrogen-bond acceptors (Lipinski definition) is 8. The summed E-state index contributed by atoms with van der Waals surface area (Å²) in [5.74, 6) is 0.219. The third-order valence-corrected chi connectivity index (χ3v) is 3.76. The highest BCUT2D eigenvalue weighted by Gasteiger charge is 2.17. The number of aryl methyl sites for hydroxylation is 1. The number of benzene rings is 1. The molecule has 0 bridgehead atoms. The van der Waals surface area contributed by atoms with Crippen molar-refractivity contribution in [2.24, 2.45) is 5.73 Å². The molecule has 124 valence electrons. The molecule has 0 radical (unpaired) electrons. The van der Waals surface area contributed by atoms with Gasteiger partial charge in [0.2, 0.25) is 17.2 Å². The third kappa shape index (κ3) is 4.73. The van der Waals surface area contributed by atoms with Crippen LogP contribution in [0, 0.1) is 6.92 Å². The van der Waals surface area contributed by atoms with Crippen molar-refractivity contribution in [1.82, 2.24) is 15.0 Å². The van der Waals surface area contributed by atoms with Gasteiger partial charge in [-0.15, -0.1) is 0 Å². The van der Waals surface area contributed by atoms with Crippen LogP contribution in [0.2, 0.25) is 5.28 Å². The Hall–Kier alpha value is -2.01. The zero-order valence-electron chi connectivity index (χ0n) is 12.1. The van der Waals surface area contributed by atoms with E-state index in [4.69, 9.17) is 17.3 Å². The van der Waals surface area contributed by atoms with Crippen LogP contribution in [0.3, 0.4) is 0 Å². The SMILES string of the molecule is Cc1ccc(Nc2nc(Cl)nc(NCCN)n2)c(S(=O)(=O)O)c1. The molecule has 0 unspecified atom stereocenters. The Kier molecular flexibility index (Phi) is 5.31. The van der Waals surface area contributed by atoms with Gasteiger partial charge in [0.25, 0.3) is 10.1 Å². The summed E-state index contributed by atoms with van der Waals surface area (Å²) in [4.78, 5) is 11.5. The second kappa shape index (κ2) is 7.04. The monoisotopic (exact) mass is 358 g/mol. The molecular weight excluding hydrogens is 344 g/mol. The van der Waals surface area contributed by atoms with Crippen LogP contribution < -0.4 is 16.4 Å². The first-order valence-corrected chi connectivity index (χ1v) is 8.32. The van der Waals surface area contributed by atoms with Gasteiger partial charge < -0.3 is 16.4 Å². The molecule has 2 rings (SSSR count). The maximum atomic E-state index is 11.5. The van der Waals surface area contributed by atoms with Gasteiger partial charge in [0.15, 0.2) is 0 Å². The largest absolute Gasteiger partial charge is 0.353 e. The number of nitrogens with one attached hydrogen (secondary N) is 2. The Morgan fingerprint density at radius 2 is 1.96 bits per heavy atom. The lowest BCUT2D eigenvalue weighted by molar-refractivity contribution is 0.483. The lowest BCUT2D eigenvalue weighted by atomic mass is 10.2. The van der Waals surface area contributed by atoms with Crippen LogP contribution in [0.15, 0.2) is 23.1 Å². The molecule has 0 atom stereocenters. The van der Waals surface area contributed by atoms with Gasteiger partial charge in [-0.1, -0.05) is 6.07 Å². The van der Waals surface area contributed by atoms with Crippen LogP contribution in [0.1, 0.15) is 5.56 Å². The minimum Gasteiger partial charge on any atom is -0.353 e. The van der Waals surface area contributed by atoms with E-state index in [9.17, 15) is 13.0 Å². The molecule has 1 heterocycles. The van der Waals surface area contributed by atoms with Gasteiger partial charge in [-0.2, -0.15) is 23.4 Å². The van der Waals surface area contributed by atoms with E-state index in [-0.39, 0.29) is 27.8 Å². The van der Waals surface area contributed by atoms with Crippen molar-refractivity contribution in [2.45, 2.75) is 11.8 Å². The predicted octanol–water partition coefficient (Wildman–Crippen LogP) is 1.19. The van der Waals surface area contributed by atoms with Gasteiger partial charge in [0.05, 0.1) is 5.69 Å². The molecule has 0 saturated carbocycles. The van der Waals surface area contributed by atoms with Gasteiger partial charge in [0, 0.05) is 13.1 Å². The Morgan fingerprint density at radius 3 is 2.61 bits per heavy atom. The highest BCUT2D eigenvalue weighted by Crippen LogP contribution is 2.25. The van der Waals surface area contributed by atoms with Crippen molar-refractivity contribution in [3.63, 3.8) is 0 Å². The van der Waals surface area contributed by atoms with Crippen LogP contribution in [0.4, 0.5) is 17.6 Å². The fraction of sp³-hybridized carbons (Fsp3) is 0.250. The fourth-order valence-corrected chi connectivity index (χ4v) is 2.63. The number of nitrogens with two attached hydrogens (primary N) is 1. The average Bonchev–Trinajstić information content (AvgIpc) is 2.45. The molecule has 0 saturated heterocycles. The summed E-state index contributed by atoms with van der Waals surface area (Å²) in [7, 11) is -4.41. The second-order valence-electron chi connectivity index (χ2n) is 4.57. The molecule has 0 aliphatic rings. The molecule has 0 aliphatic heterocycles. The summed E-state index contributed by atoms with van der Waals surface area (Å²) in [6.45, 7) is 2.50. The number of aromatic nitrogens is 3. The Balaban J connectivity index is 2.38. The van der Waals surface area contributed by atoms with Crippen LogP contribution >= 0.6 is 11.6 Å². The standard InChI is InChI=1S/C12H15ClN6O3S/c1-7-2-3-8(9(6-7)23(20,21)22)16-12-18-10(13)17-11(19-12)15-5-4-14/h2-3,6H,4-5,14H2,1H3,(H,20,21,22)(H2,15,16,17,18,19).